The average Bonchev–Trinajstić information content (AvgIpc) is 3.07. The van der Waals surface area contributed by atoms with Crippen molar-refractivity contribution in [2.45, 2.75) is 76.0 Å². The summed E-state index contributed by atoms with van der Waals surface area (Å²) in [6, 6.07) is 11.4. The summed E-state index contributed by atoms with van der Waals surface area (Å²) in [5.41, 5.74) is 1.32. The molecule has 6 nitrogen and oxygen atoms in total. The molecule has 1 amide bonds. The molecule has 3 saturated heterocycles. The zero-order valence-corrected chi connectivity index (χ0v) is 18.6. The van der Waals surface area contributed by atoms with Crippen molar-refractivity contribution in [1.29, 1.82) is 0 Å². The number of likely N-dealkylation sites (tertiary alicyclic amines) is 1. The predicted molar refractivity (Wildman–Crippen MR) is 116 cm³/mol. The lowest BCUT2D eigenvalue weighted by atomic mass is 9.64. The lowest BCUT2D eigenvalue weighted by molar-refractivity contribution is -0.145. The number of sulfonamides is 1. The fourth-order valence-electron chi connectivity index (χ4n) is 6.58. The van der Waals surface area contributed by atoms with Crippen molar-refractivity contribution in [2.75, 3.05) is 18.8 Å². The Hall–Kier alpha value is -1.44. The van der Waals surface area contributed by atoms with Gasteiger partial charge < -0.3 is 10.2 Å². The highest BCUT2D eigenvalue weighted by atomic mass is 32.2. The average molecular weight is 432 g/mol. The predicted octanol–water partition coefficient (Wildman–Crippen LogP) is 2.15. The Morgan fingerprint density at radius 2 is 1.97 bits per heavy atom. The van der Waals surface area contributed by atoms with Crippen molar-refractivity contribution in [3.8, 4) is 0 Å². The Morgan fingerprint density at radius 3 is 2.73 bits per heavy atom. The van der Waals surface area contributed by atoms with E-state index in [2.05, 4.69) is 41.4 Å². The monoisotopic (exact) mass is 431 g/mol. The zero-order chi connectivity index (χ0) is 20.9. The summed E-state index contributed by atoms with van der Waals surface area (Å²) in [6.07, 6.45) is 6.76. The zero-order valence-electron chi connectivity index (χ0n) is 17.8. The molecule has 0 unspecified atom stereocenters. The fraction of sp³-hybridized carbons (Fsp3) is 0.696. The quantitative estimate of drug-likeness (QED) is 0.793. The normalized spacial score (nSPS) is 37.8. The molecule has 0 spiro atoms. The number of carbonyl (C=O) groups excluding carboxylic acids is 1. The van der Waals surface area contributed by atoms with Gasteiger partial charge in [-0.15, -0.1) is 0 Å². The SMILES string of the molecule is C[C@]12C[C@@H]3N[C@H]1CCC[C@H]2N(C(=O)CN1CCCCS1(=O)=O)[C@@H]3Cc1ccccc1. The smallest absolute Gasteiger partial charge is 0.238 e. The maximum atomic E-state index is 13.7. The molecule has 164 valence electrons. The first-order valence-corrected chi connectivity index (χ1v) is 13.1. The van der Waals surface area contributed by atoms with Gasteiger partial charge in [0.15, 0.2) is 0 Å². The van der Waals surface area contributed by atoms with Gasteiger partial charge in [-0.2, -0.15) is 4.31 Å². The van der Waals surface area contributed by atoms with E-state index in [4.69, 9.17) is 0 Å². The van der Waals surface area contributed by atoms with Crippen molar-refractivity contribution in [1.82, 2.24) is 14.5 Å². The Bertz CT molecular complexity index is 906. The summed E-state index contributed by atoms with van der Waals surface area (Å²) < 4.78 is 26.5. The van der Waals surface area contributed by atoms with Crippen LogP contribution >= 0.6 is 0 Å². The summed E-state index contributed by atoms with van der Waals surface area (Å²) in [5, 5.41) is 3.87. The van der Waals surface area contributed by atoms with E-state index >= 15 is 0 Å². The lowest BCUT2D eigenvalue weighted by Crippen LogP contribution is -2.64. The Kier molecular flexibility index (Phi) is 5.19. The van der Waals surface area contributed by atoms with Gasteiger partial charge in [-0.3, -0.25) is 4.79 Å². The van der Waals surface area contributed by atoms with E-state index in [0.717, 1.165) is 32.1 Å². The molecular formula is C23H33N3O3S. The summed E-state index contributed by atoms with van der Waals surface area (Å²) in [7, 11) is -3.31. The Morgan fingerprint density at radius 1 is 1.17 bits per heavy atom. The van der Waals surface area contributed by atoms with Gasteiger partial charge in [-0.1, -0.05) is 37.3 Å². The first-order valence-electron chi connectivity index (χ1n) is 11.5. The first kappa shape index (κ1) is 20.5. The van der Waals surface area contributed by atoms with E-state index in [9.17, 15) is 13.2 Å². The maximum Gasteiger partial charge on any atom is 0.238 e. The van der Waals surface area contributed by atoms with Crippen LogP contribution in [0.25, 0.3) is 0 Å². The Labute approximate surface area is 180 Å². The van der Waals surface area contributed by atoms with E-state index < -0.39 is 10.0 Å². The molecule has 3 heterocycles. The topological polar surface area (TPSA) is 69.7 Å². The minimum absolute atomic E-state index is 0.00239. The summed E-state index contributed by atoms with van der Waals surface area (Å²) in [6.45, 7) is 2.81. The van der Waals surface area contributed by atoms with Crippen LogP contribution in [0.5, 0.6) is 0 Å². The third kappa shape index (κ3) is 3.39. The van der Waals surface area contributed by atoms with Crippen molar-refractivity contribution in [2.24, 2.45) is 5.41 Å². The number of carbonyl (C=O) groups is 1. The van der Waals surface area contributed by atoms with Gasteiger partial charge >= 0.3 is 0 Å². The number of rotatable bonds is 4. The largest absolute Gasteiger partial charge is 0.333 e. The molecule has 0 radical (unpaired) electrons. The molecule has 4 aliphatic rings. The molecule has 30 heavy (non-hydrogen) atoms. The second-order valence-electron chi connectivity index (χ2n) is 9.90. The van der Waals surface area contributed by atoms with Crippen molar-refractivity contribution in [3.05, 3.63) is 35.9 Å². The molecule has 5 atom stereocenters. The Balaban J connectivity index is 1.46. The standard InChI is InChI=1S/C23H33N3O3S/c1-23-15-18-19(14-17-8-3-2-4-9-17)26(21(23)11-7-10-20(23)24-18)22(27)16-25-12-5-6-13-30(25,28)29/h2-4,8-9,18-21,24H,5-7,10-16H2,1H3/t18-,19+,20-,21+,23-/m0/s1. The minimum Gasteiger partial charge on any atom is -0.333 e. The molecule has 1 aromatic carbocycles. The molecule has 4 fully saturated rings. The molecule has 1 saturated carbocycles. The summed E-state index contributed by atoms with van der Waals surface area (Å²) >= 11 is 0. The fourth-order valence-corrected chi connectivity index (χ4v) is 8.13. The van der Waals surface area contributed by atoms with Crippen LogP contribution in [0, 0.1) is 5.41 Å². The van der Waals surface area contributed by atoms with Gasteiger partial charge in [0.2, 0.25) is 15.9 Å². The molecule has 7 heteroatoms. The second kappa shape index (κ2) is 7.61. The van der Waals surface area contributed by atoms with Gasteiger partial charge in [-0.05, 0) is 50.5 Å². The highest BCUT2D eigenvalue weighted by molar-refractivity contribution is 7.89. The number of hydrogen-bond acceptors (Lipinski definition) is 4. The van der Waals surface area contributed by atoms with Crippen LogP contribution in [-0.4, -0.2) is 66.5 Å². The third-order valence-corrected chi connectivity index (χ3v) is 10.0. The highest BCUT2D eigenvalue weighted by Crippen LogP contribution is 2.52. The van der Waals surface area contributed by atoms with E-state index in [1.54, 1.807) is 0 Å². The van der Waals surface area contributed by atoms with Crippen LogP contribution in [0.2, 0.25) is 0 Å². The van der Waals surface area contributed by atoms with Crippen LogP contribution in [0.15, 0.2) is 30.3 Å². The van der Waals surface area contributed by atoms with Crippen molar-refractivity contribution >= 4 is 15.9 Å². The minimum atomic E-state index is -3.31. The third-order valence-electron chi connectivity index (χ3n) is 8.10. The number of amides is 1. The molecule has 0 aromatic heterocycles. The summed E-state index contributed by atoms with van der Waals surface area (Å²) in [4.78, 5) is 15.8. The van der Waals surface area contributed by atoms with E-state index in [1.165, 1.54) is 16.3 Å². The molecule has 5 rings (SSSR count). The van der Waals surface area contributed by atoms with Crippen LogP contribution in [0.1, 0.15) is 51.0 Å². The molecule has 1 aromatic rings. The second-order valence-corrected chi connectivity index (χ2v) is 12.0. The molecule has 1 aliphatic carbocycles. The van der Waals surface area contributed by atoms with Crippen molar-refractivity contribution in [3.63, 3.8) is 0 Å². The first-order chi connectivity index (χ1) is 14.4. The van der Waals surface area contributed by atoms with E-state index in [1.807, 2.05) is 6.07 Å². The van der Waals surface area contributed by atoms with Gasteiger partial charge in [-0.25, -0.2) is 8.42 Å². The lowest BCUT2D eigenvalue weighted by Gasteiger charge is -2.53. The van der Waals surface area contributed by atoms with Crippen molar-refractivity contribution < 1.29 is 13.2 Å². The number of nitrogens with one attached hydrogen (secondary N) is 1. The van der Waals surface area contributed by atoms with Crippen LogP contribution in [0.3, 0.4) is 0 Å². The number of nitrogens with zero attached hydrogens (tertiary/aromatic N) is 2. The highest BCUT2D eigenvalue weighted by Gasteiger charge is 2.60. The van der Waals surface area contributed by atoms with Crippen LogP contribution < -0.4 is 5.32 Å². The molecular weight excluding hydrogens is 398 g/mol. The van der Waals surface area contributed by atoms with Gasteiger partial charge in [0, 0.05) is 30.1 Å². The number of piperidine rings is 1. The molecule has 2 bridgehead atoms. The van der Waals surface area contributed by atoms with Gasteiger partial charge in [0.25, 0.3) is 0 Å². The van der Waals surface area contributed by atoms with Crippen LogP contribution in [-0.2, 0) is 21.2 Å². The number of fused-ring (bicyclic) bond motifs is 1. The van der Waals surface area contributed by atoms with Gasteiger partial charge in [0.1, 0.15) is 0 Å². The molecule has 1 N–H and O–H groups in total. The summed E-state index contributed by atoms with van der Waals surface area (Å²) in [5.74, 6) is 0.160. The van der Waals surface area contributed by atoms with Gasteiger partial charge in [0.05, 0.1) is 18.3 Å². The molecule has 3 aliphatic heterocycles. The van der Waals surface area contributed by atoms with E-state index in [0.29, 0.717) is 19.0 Å². The van der Waals surface area contributed by atoms with E-state index in [-0.39, 0.29) is 41.7 Å². The number of hydrogen-bond donors (Lipinski definition) is 1. The van der Waals surface area contributed by atoms with Crippen LogP contribution in [0.4, 0.5) is 0 Å². The maximum absolute atomic E-state index is 13.7. The number of benzene rings is 1.